The van der Waals surface area contributed by atoms with Crippen LogP contribution in [0, 0.1) is 11.3 Å². The Labute approximate surface area is 191 Å². The number of hydrogen-bond donors (Lipinski definition) is 1. The first-order valence-electron chi connectivity index (χ1n) is 9.61. The number of thiazole rings is 1. The summed E-state index contributed by atoms with van der Waals surface area (Å²) < 4.78 is 6.32. The lowest BCUT2D eigenvalue weighted by molar-refractivity contribution is 0.563. The summed E-state index contributed by atoms with van der Waals surface area (Å²) in [6, 6.07) is 17.5. The summed E-state index contributed by atoms with van der Waals surface area (Å²) in [6.07, 6.45) is 1.63. The monoisotopic (exact) mass is 491 g/mol. The molecule has 0 aliphatic heterocycles. The van der Waals surface area contributed by atoms with E-state index in [9.17, 15) is 10.1 Å². The Bertz CT molecular complexity index is 1380. The van der Waals surface area contributed by atoms with Gasteiger partial charge in [-0.3, -0.25) is 0 Å². The van der Waals surface area contributed by atoms with E-state index in [1.165, 1.54) is 16.9 Å². The second-order valence-electron chi connectivity index (χ2n) is 7.26. The molecule has 0 radical (unpaired) electrons. The van der Waals surface area contributed by atoms with Crippen molar-refractivity contribution in [3.63, 3.8) is 0 Å². The van der Waals surface area contributed by atoms with Crippen molar-refractivity contribution in [2.24, 2.45) is 0 Å². The van der Waals surface area contributed by atoms with Crippen molar-refractivity contribution in [1.82, 2.24) is 4.98 Å². The lowest BCUT2D eigenvalue weighted by atomic mass is 10.0. The number of fused-ring (bicyclic) bond motifs is 1. The molecule has 4 aromatic rings. The number of anilines is 1. The molecule has 0 saturated heterocycles. The van der Waals surface area contributed by atoms with Gasteiger partial charge in [0, 0.05) is 27.1 Å². The standard InChI is InChI=1S/C24H18BrN3O2S/c1-14(2)15-3-6-19(7-4-15)27-12-17(11-26)23-28-21(13-31-23)20-10-16-9-18(25)5-8-22(16)30-24(20)29/h3-10,12-14,27H,1-2H3. The van der Waals surface area contributed by atoms with Crippen LogP contribution in [0.4, 0.5) is 5.69 Å². The molecule has 0 unspecified atom stereocenters. The molecule has 0 spiro atoms. The van der Waals surface area contributed by atoms with Crippen molar-refractivity contribution in [1.29, 1.82) is 5.26 Å². The fourth-order valence-electron chi connectivity index (χ4n) is 3.06. The van der Waals surface area contributed by atoms with Crippen LogP contribution in [-0.4, -0.2) is 4.98 Å². The van der Waals surface area contributed by atoms with Crippen molar-refractivity contribution in [2.75, 3.05) is 5.32 Å². The number of allylic oxidation sites excluding steroid dienone is 1. The van der Waals surface area contributed by atoms with Gasteiger partial charge >= 0.3 is 5.63 Å². The van der Waals surface area contributed by atoms with Crippen LogP contribution in [-0.2, 0) is 0 Å². The van der Waals surface area contributed by atoms with Gasteiger partial charge in [0.2, 0.25) is 0 Å². The molecule has 5 nitrogen and oxygen atoms in total. The average Bonchev–Trinajstić information content (AvgIpc) is 3.24. The predicted octanol–water partition coefficient (Wildman–Crippen LogP) is 6.78. The number of nitrogens with zero attached hydrogens (tertiary/aromatic N) is 2. The first-order valence-corrected chi connectivity index (χ1v) is 11.3. The second-order valence-corrected chi connectivity index (χ2v) is 9.03. The molecule has 0 aliphatic rings. The predicted molar refractivity (Wildman–Crippen MR) is 129 cm³/mol. The van der Waals surface area contributed by atoms with Gasteiger partial charge in [-0.05, 0) is 47.9 Å². The Morgan fingerprint density at radius 2 is 2.00 bits per heavy atom. The maximum atomic E-state index is 12.4. The summed E-state index contributed by atoms with van der Waals surface area (Å²) in [5.41, 5.74) is 3.42. The van der Waals surface area contributed by atoms with Gasteiger partial charge in [0.05, 0.1) is 11.3 Å². The molecular formula is C24H18BrN3O2S. The van der Waals surface area contributed by atoms with Crippen LogP contribution in [0.3, 0.4) is 0 Å². The number of nitrogens with one attached hydrogen (secondary N) is 1. The highest BCUT2D eigenvalue weighted by molar-refractivity contribution is 9.10. The highest BCUT2D eigenvalue weighted by Crippen LogP contribution is 2.27. The molecule has 2 aromatic heterocycles. The second kappa shape index (κ2) is 8.88. The van der Waals surface area contributed by atoms with Gasteiger partial charge in [-0.2, -0.15) is 5.26 Å². The Hall–Kier alpha value is -3.21. The van der Waals surface area contributed by atoms with E-state index in [4.69, 9.17) is 4.42 Å². The Morgan fingerprint density at radius 3 is 2.71 bits per heavy atom. The normalized spacial score (nSPS) is 11.6. The van der Waals surface area contributed by atoms with E-state index in [-0.39, 0.29) is 0 Å². The molecule has 1 N–H and O–H groups in total. The number of halogens is 1. The Morgan fingerprint density at radius 1 is 1.23 bits per heavy atom. The summed E-state index contributed by atoms with van der Waals surface area (Å²) in [4.78, 5) is 17.0. The molecule has 0 atom stereocenters. The molecule has 154 valence electrons. The highest BCUT2D eigenvalue weighted by atomic mass is 79.9. The zero-order valence-corrected chi connectivity index (χ0v) is 19.3. The third-order valence-corrected chi connectivity index (χ3v) is 6.15. The molecule has 2 heterocycles. The number of rotatable bonds is 5. The molecule has 0 aliphatic carbocycles. The minimum atomic E-state index is -0.461. The maximum absolute atomic E-state index is 12.4. The lowest BCUT2D eigenvalue weighted by Crippen LogP contribution is -2.03. The first kappa shape index (κ1) is 21.0. The SMILES string of the molecule is CC(C)c1ccc(NC=C(C#N)c2nc(-c3cc4cc(Br)ccc4oc3=O)cs2)cc1. The van der Waals surface area contributed by atoms with E-state index in [1.807, 2.05) is 24.3 Å². The third-order valence-electron chi connectivity index (χ3n) is 4.79. The Balaban J connectivity index is 1.61. The van der Waals surface area contributed by atoms with Gasteiger partial charge in [-0.25, -0.2) is 9.78 Å². The minimum Gasteiger partial charge on any atom is -0.422 e. The number of aromatic nitrogens is 1. The zero-order valence-electron chi connectivity index (χ0n) is 16.8. The van der Waals surface area contributed by atoms with E-state index in [0.29, 0.717) is 33.3 Å². The summed E-state index contributed by atoms with van der Waals surface area (Å²) in [7, 11) is 0. The van der Waals surface area contributed by atoms with Crippen LogP contribution >= 0.6 is 27.3 Å². The van der Waals surface area contributed by atoms with Crippen LogP contribution < -0.4 is 10.9 Å². The highest BCUT2D eigenvalue weighted by Gasteiger charge is 2.14. The molecule has 0 saturated carbocycles. The molecular weight excluding hydrogens is 474 g/mol. The van der Waals surface area contributed by atoms with Gasteiger partial charge in [-0.1, -0.05) is 41.9 Å². The number of benzene rings is 2. The van der Waals surface area contributed by atoms with Gasteiger partial charge in [0.15, 0.2) is 0 Å². The summed E-state index contributed by atoms with van der Waals surface area (Å²) in [5.74, 6) is 0.460. The van der Waals surface area contributed by atoms with Gasteiger partial charge in [0.25, 0.3) is 0 Å². The van der Waals surface area contributed by atoms with Gasteiger partial charge < -0.3 is 9.73 Å². The fourth-order valence-corrected chi connectivity index (χ4v) is 4.22. The summed E-state index contributed by atoms with van der Waals surface area (Å²) >= 11 is 4.73. The van der Waals surface area contributed by atoms with Crippen molar-refractivity contribution < 1.29 is 4.42 Å². The van der Waals surface area contributed by atoms with Crippen LogP contribution in [0.25, 0.3) is 27.8 Å². The zero-order chi connectivity index (χ0) is 22.0. The van der Waals surface area contributed by atoms with Crippen LogP contribution in [0.5, 0.6) is 0 Å². The number of hydrogen-bond acceptors (Lipinski definition) is 6. The van der Waals surface area contributed by atoms with Crippen molar-refractivity contribution in [3.8, 4) is 17.3 Å². The third kappa shape index (κ3) is 4.61. The molecule has 31 heavy (non-hydrogen) atoms. The van der Waals surface area contributed by atoms with Gasteiger partial charge in [-0.15, -0.1) is 11.3 Å². The van der Waals surface area contributed by atoms with E-state index in [0.717, 1.165) is 15.5 Å². The molecule has 2 aromatic carbocycles. The van der Waals surface area contributed by atoms with E-state index >= 15 is 0 Å². The van der Waals surface area contributed by atoms with E-state index in [2.05, 4.69) is 58.3 Å². The van der Waals surface area contributed by atoms with Crippen LogP contribution in [0.1, 0.15) is 30.3 Å². The number of nitriles is 1. The van der Waals surface area contributed by atoms with E-state index < -0.39 is 5.63 Å². The lowest BCUT2D eigenvalue weighted by Gasteiger charge is -2.06. The molecule has 4 rings (SSSR count). The van der Waals surface area contributed by atoms with Gasteiger partial charge in [0.1, 0.15) is 22.2 Å². The molecule has 7 heteroatoms. The summed E-state index contributed by atoms with van der Waals surface area (Å²) in [5, 5.41) is 15.8. The topological polar surface area (TPSA) is 78.9 Å². The smallest absolute Gasteiger partial charge is 0.345 e. The average molecular weight is 492 g/mol. The minimum absolute atomic E-state index is 0.364. The Kier molecular flexibility index (Phi) is 6.03. The molecule has 0 bridgehead atoms. The van der Waals surface area contributed by atoms with Crippen molar-refractivity contribution >= 4 is 49.5 Å². The molecule has 0 fully saturated rings. The summed E-state index contributed by atoms with van der Waals surface area (Å²) in [6.45, 7) is 4.29. The van der Waals surface area contributed by atoms with Crippen LogP contribution in [0.2, 0.25) is 0 Å². The van der Waals surface area contributed by atoms with Crippen molar-refractivity contribution in [3.05, 3.63) is 85.6 Å². The largest absolute Gasteiger partial charge is 0.422 e. The quantitative estimate of drug-likeness (QED) is 0.245. The maximum Gasteiger partial charge on any atom is 0.345 e. The van der Waals surface area contributed by atoms with Crippen LogP contribution in [0.15, 0.2) is 73.8 Å². The van der Waals surface area contributed by atoms with Crippen molar-refractivity contribution in [2.45, 2.75) is 19.8 Å². The fraction of sp³-hybridized carbons (Fsp3) is 0.125. The first-order chi connectivity index (χ1) is 14.9. The van der Waals surface area contributed by atoms with E-state index in [1.54, 1.807) is 23.7 Å². The molecule has 0 amide bonds.